The average molecular weight is 212 g/mol. The molecule has 1 aromatic heterocycles. The fourth-order valence-electron chi connectivity index (χ4n) is 1.21. The molecular weight excluding hydrogens is 195 g/mol. The van der Waals surface area contributed by atoms with Crippen LogP contribution in [0.25, 0.3) is 0 Å². The number of hydrogen-bond donors (Lipinski definition) is 2. The van der Waals surface area contributed by atoms with Crippen molar-refractivity contribution in [2.45, 2.75) is 26.2 Å². The van der Waals surface area contributed by atoms with Gasteiger partial charge in [0.2, 0.25) is 0 Å². The summed E-state index contributed by atoms with van der Waals surface area (Å²) in [5.41, 5.74) is 5.41. The summed E-state index contributed by atoms with van der Waals surface area (Å²) in [6.07, 6.45) is 1.36. The lowest BCUT2D eigenvalue weighted by Gasteiger charge is -2.19. The lowest BCUT2D eigenvalue weighted by molar-refractivity contribution is 0.500. The molecule has 1 heterocycles. The molecular formula is C10H17FN4. The predicted molar refractivity (Wildman–Crippen MR) is 58.2 cm³/mol. The van der Waals surface area contributed by atoms with Crippen molar-refractivity contribution in [2.75, 3.05) is 18.4 Å². The van der Waals surface area contributed by atoms with Crippen molar-refractivity contribution < 1.29 is 4.39 Å². The Bertz CT molecular complexity index is 333. The maximum atomic E-state index is 13.9. The summed E-state index contributed by atoms with van der Waals surface area (Å²) >= 11 is 0. The molecule has 0 aliphatic heterocycles. The Balaban J connectivity index is 3.01. The maximum Gasteiger partial charge on any atom is 0.187 e. The second-order valence-corrected chi connectivity index (χ2v) is 4.35. The zero-order valence-corrected chi connectivity index (χ0v) is 9.34. The van der Waals surface area contributed by atoms with Crippen LogP contribution in [0.2, 0.25) is 0 Å². The number of hydrogen-bond acceptors (Lipinski definition) is 4. The van der Waals surface area contributed by atoms with Crippen LogP contribution in [0.4, 0.5) is 10.2 Å². The molecule has 0 saturated carbocycles. The highest BCUT2D eigenvalue weighted by Gasteiger charge is 2.22. The van der Waals surface area contributed by atoms with Gasteiger partial charge < -0.3 is 11.1 Å². The van der Waals surface area contributed by atoms with Crippen LogP contribution >= 0.6 is 0 Å². The molecule has 0 unspecified atom stereocenters. The van der Waals surface area contributed by atoms with Crippen LogP contribution in [0.15, 0.2) is 6.33 Å². The molecule has 0 fully saturated rings. The van der Waals surface area contributed by atoms with E-state index in [0.29, 0.717) is 18.8 Å². The second-order valence-electron chi connectivity index (χ2n) is 4.35. The van der Waals surface area contributed by atoms with Gasteiger partial charge in [-0.15, -0.1) is 0 Å². The number of aromatic nitrogens is 2. The maximum absolute atomic E-state index is 13.9. The van der Waals surface area contributed by atoms with E-state index in [4.69, 9.17) is 5.73 Å². The molecule has 0 atom stereocenters. The highest BCUT2D eigenvalue weighted by Crippen LogP contribution is 2.25. The second kappa shape index (κ2) is 4.53. The lowest BCUT2D eigenvalue weighted by Crippen LogP contribution is -2.20. The number of halogens is 1. The van der Waals surface area contributed by atoms with E-state index in [1.165, 1.54) is 6.33 Å². The fourth-order valence-corrected chi connectivity index (χ4v) is 1.21. The van der Waals surface area contributed by atoms with Gasteiger partial charge in [0.1, 0.15) is 6.33 Å². The Labute approximate surface area is 89.1 Å². The van der Waals surface area contributed by atoms with Crippen molar-refractivity contribution in [2.24, 2.45) is 5.73 Å². The van der Waals surface area contributed by atoms with Gasteiger partial charge in [-0.2, -0.15) is 0 Å². The van der Waals surface area contributed by atoms with E-state index >= 15 is 0 Å². The third-order valence-corrected chi connectivity index (χ3v) is 1.94. The first kappa shape index (κ1) is 11.8. The van der Waals surface area contributed by atoms with Crippen LogP contribution in [0.5, 0.6) is 0 Å². The Hall–Kier alpha value is -1.23. The van der Waals surface area contributed by atoms with Crippen molar-refractivity contribution in [1.29, 1.82) is 0 Å². The van der Waals surface area contributed by atoms with Crippen LogP contribution in [-0.2, 0) is 5.41 Å². The molecule has 15 heavy (non-hydrogen) atoms. The van der Waals surface area contributed by atoms with Gasteiger partial charge >= 0.3 is 0 Å². The van der Waals surface area contributed by atoms with Crippen LogP contribution in [0.3, 0.4) is 0 Å². The highest BCUT2D eigenvalue weighted by atomic mass is 19.1. The van der Waals surface area contributed by atoms with Crippen molar-refractivity contribution in [1.82, 2.24) is 9.97 Å². The molecule has 0 bridgehead atoms. The van der Waals surface area contributed by atoms with Gasteiger partial charge in [0.15, 0.2) is 11.6 Å². The first-order chi connectivity index (χ1) is 6.96. The molecule has 1 aromatic rings. The summed E-state index contributed by atoms with van der Waals surface area (Å²) in [4.78, 5) is 7.80. The number of anilines is 1. The van der Waals surface area contributed by atoms with Crippen LogP contribution in [0.1, 0.15) is 26.5 Å². The summed E-state index contributed by atoms with van der Waals surface area (Å²) in [6.45, 7) is 6.66. The first-order valence-electron chi connectivity index (χ1n) is 4.91. The van der Waals surface area contributed by atoms with Crippen molar-refractivity contribution in [3.63, 3.8) is 0 Å². The summed E-state index contributed by atoms with van der Waals surface area (Å²) in [5.74, 6) is -0.168. The minimum atomic E-state index is -0.390. The van der Waals surface area contributed by atoms with Crippen molar-refractivity contribution in [3.05, 3.63) is 17.8 Å². The predicted octanol–water partition coefficient (Wildman–Crippen LogP) is 1.28. The van der Waals surface area contributed by atoms with E-state index in [1.807, 2.05) is 20.8 Å². The number of rotatable bonds is 3. The van der Waals surface area contributed by atoms with Gasteiger partial charge in [-0.1, -0.05) is 20.8 Å². The number of nitrogens with zero attached hydrogens (tertiary/aromatic N) is 2. The van der Waals surface area contributed by atoms with E-state index in [1.54, 1.807) is 0 Å². The summed E-state index contributed by atoms with van der Waals surface area (Å²) in [7, 11) is 0. The van der Waals surface area contributed by atoms with Gasteiger partial charge in [-0.3, -0.25) is 0 Å². The molecule has 4 nitrogen and oxygen atoms in total. The fraction of sp³-hybridized carbons (Fsp3) is 0.600. The normalized spacial score (nSPS) is 11.5. The van der Waals surface area contributed by atoms with Crippen LogP contribution < -0.4 is 11.1 Å². The molecule has 0 aromatic carbocycles. The molecule has 0 aliphatic carbocycles. The van der Waals surface area contributed by atoms with Crippen LogP contribution in [-0.4, -0.2) is 23.1 Å². The summed E-state index contributed by atoms with van der Waals surface area (Å²) in [6, 6.07) is 0. The molecule has 0 saturated heterocycles. The molecule has 0 aliphatic rings. The van der Waals surface area contributed by atoms with Crippen molar-refractivity contribution in [3.8, 4) is 0 Å². The van der Waals surface area contributed by atoms with E-state index in [-0.39, 0.29) is 11.2 Å². The third kappa shape index (κ3) is 2.86. The zero-order valence-electron chi connectivity index (χ0n) is 9.34. The quantitative estimate of drug-likeness (QED) is 0.792. The smallest absolute Gasteiger partial charge is 0.187 e. The zero-order chi connectivity index (χ0) is 11.5. The van der Waals surface area contributed by atoms with E-state index < -0.39 is 5.82 Å². The highest BCUT2D eigenvalue weighted by molar-refractivity contribution is 5.39. The molecule has 84 valence electrons. The van der Waals surface area contributed by atoms with Crippen molar-refractivity contribution >= 4 is 5.82 Å². The summed E-state index contributed by atoms with van der Waals surface area (Å²) in [5, 5.41) is 2.82. The minimum absolute atomic E-state index is 0.223. The molecule has 3 N–H and O–H groups in total. The minimum Gasteiger partial charge on any atom is -0.366 e. The standard InChI is InChI=1S/C10H17FN4/c1-10(2,3)8-7(11)9(13-5-4-12)15-6-14-8/h6H,4-5,12H2,1-3H3,(H,13,14,15). The van der Waals surface area contributed by atoms with E-state index in [9.17, 15) is 4.39 Å². The summed E-state index contributed by atoms with van der Waals surface area (Å²) < 4.78 is 13.9. The van der Waals surface area contributed by atoms with Gasteiger partial charge in [0.25, 0.3) is 0 Å². The van der Waals surface area contributed by atoms with Gasteiger partial charge in [0.05, 0.1) is 5.69 Å². The first-order valence-corrected chi connectivity index (χ1v) is 4.91. The molecule has 0 amide bonds. The lowest BCUT2D eigenvalue weighted by atomic mass is 9.91. The Morgan fingerprint density at radius 3 is 2.60 bits per heavy atom. The molecule has 5 heteroatoms. The molecule has 0 radical (unpaired) electrons. The number of nitrogens with two attached hydrogens (primary N) is 1. The third-order valence-electron chi connectivity index (χ3n) is 1.94. The van der Waals surface area contributed by atoms with E-state index in [0.717, 1.165) is 0 Å². The Morgan fingerprint density at radius 1 is 1.40 bits per heavy atom. The monoisotopic (exact) mass is 212 g/mol. The average Bonchev–Trinajstić information content (AvgIpc) is 2.14. The molecule has 0 spiro atoms. The van der Waals surface area contributed by atoms with E-state index in [2.05, 4.69) is 15.3 Å². The van der Waals surface area contributed by atoms with Gasteiger partial charge in [-0.25, -0.2) is 14.4 Å². The van der Waals surface area contributed by atoms with Gasteiger partial charge in [0, 0.05) is 18.5 Å². The Kier molecular flexibility index (Phi) is 3.57. The Morgan fingerprint density at radius 2 is 2.07 bits per heavy atom. The number of nitrogens with one attached hydrogen (secondary N) is 1. The topological polar surface area (TPSA) is 63.8 Å². The SMILES string of the molecule is CC(C)(C)c1ncnc(NCCN)c1F. The largest absolute Gasteiger partial charge is 0.366 e. The van der Waals surface area contributed by atoms with Gasteiger partial charge in [-0.05, 0) is 0 Å². The van der Waals surface area contributed by atoms with Crippen LogP contribution in [0, 0.1) is 5.82 Å². The molecule has 1 rings (SSSR count).